The number of anilines is 1. The van der Waals surface area contributed by atoms with Crippen molar-refractivity contribution in [2.24, 2.45) is 0 Å². The third-order valence-electron chi connectivity index (χ3n) is 2.96. The molecule has 5 nitrogen and oxygen atoms in total. The third kappa shape index (κ3) is 2.92. The van der Waals surface area contributed by atoms with E-state index < -0.39 is 0 Å². The lowest BCUT2D eigenvalue weighted by molar-refractivity contribution is 0.257. The van der Waals surface area contributed by atoms with Crippen LogP contribution >= 0.6 is 0 Å². The predicted molar refractivity (Wildman–Crippen MR) is 65.7 cm³/mol. The lowest BCUT2D eigenvalue weighted by Gasteiger charge is -2.34. The summed E-state index contributed by atoms with van der Waals surface area (Å²) in [5.74, 6) is 0.736. The van der Waals surface area contributed by atoms with Gasteiger partial charge in [0.25, 0.3) is 0 Å². The molecule has 1 aromatic rings. The number of hydrogen-bond acceptors (Lipinski definition) is 5. The average Bonchev–Trinajstić information content (AvgIpc) is 2.40. The highest BCUT2D eigenvalue weighted by atomic mass is 15.3. The molecule has 0 bridgehead atoms. The lowest BCUT2D eigenvalue weighted by atomic mass is 10.3. The van der Waals surface area contributed by atoms with Crippen LogP contribution in [-0.4, -0.2) is 47.6 Å². The molecule has 2 rings (SSSR count). The fourth-order valence-corrected chi connectivity index (χ4v) is 2.03. The van der Waals surface area contributed by atoms with Gasteiger partial charge in [0.2, 0.25) is 5.95 Å². The predicted octanol–water partition coefficient (Wildman–Crippen LogP) is 0.880. The highest BCUT2D eigenvalue weighted by Gasteiger charge is 2.17. The second kappa shape index (κ2) is 5.60. The zero-order valence-electron chi connectivity index (χ0n) is 10.1. The Morgan fingerprint density at radius 2 is 1.88 bits per heavy atom. The molecule has 1 saturated heterocycles. The minimum atomic E-state index is 0.512. The van der Waals surface area contributed by atoms with Crippen molar-refractivity contribution in [1.29, 1.82) is 5.26 Å². The fourth-order valence-electron chi connectivity index (χ4n) is 2.03. The van der Waals surface area contributed by atoms with Crippen LogP contribution in [0.3, 0.4) is 0 Å². The van der Waals surface area contributed by atoms with E-state index in [2.05, 4.69) is 26.7 Å². The van der Waals surface area contributed by atoms with Gasteiger partial charge in [-0.25, -0.2) is 9.97 Å². The Kier molecular flexibility index (Phi) is 3.89. The van der Waals surface area contributed by atoms with Crippen LogP contribution in [0.4, 0.5) is 5.95 Å². The molecule has 0 saturated carbocycles. The number of hydrogen-bond donors (Lipinski definition) is 0. The summed E-state index contributed by atoms with van der Waals surface area (Å²) in [5.41, 5.74) is 0.512. The summed E-state index contributed by atoms with van der Waals surface area (Å²) < 4.78 is 0. The van der Waals surface area contributed by atoms with E-state index in [1.807, 2.05) is 6.07 Å². The first-order chi connectivity index (χ1) is 8.33. The third-order valence-corrected chi connectivity index (χ3v) is 2.96. The lowest BCUT2D eigenvalue weighted by Crippen LogP contribution is -2.47. The van der Waals surface area contributed by atoms with Crippen LogP contribution in [0.5, 0.6) is 0 Å². The van der Waals surface area contributed by atoms with Gasteiger partial charge in [0.1, 0.15) is 6.07 Å². The van der Waals surface area contributed by atoms with Crippen molar-refractivity contribution >= 4 is 5.95 Å². The molecular formula is C12H17N5. The molecule has 2 heterocycles. The summed E-state index contributed by atoms with van der Waals surface area (Å²) in [6.07, 6.45) is 4.37. The number of rotatable bonds is 3. The van der Waals surface area contributed by atoms with Crippen LogP contribution in [0.1, 0.15) is 18.9 Å². The van der Waals surface area contributed by atoms with Gasteiger partial charge in [-0.05, 0) is 13.0 Å². The van der Waals surface area contributed by atoms with Gasteiger partial charge in [0, 0.05) is 26.2 Å². The number of piperazine rings is 1. The zero-order chi connectivity index (χ0) is 12.1. The van der Waals surface area contributed by atoms with E-state index in [4.69, 9.17) is 5.26 Å². The minimum Gasteiger partial charge on any atom is -0.338 e. The molecule has 90 valence electrons. The molecule has 1 aromatic heterocycles. The quantitative estimate of drug-likeness (QED) is 0.773. The van der Waals surface area contributed by atoms with E-state index in [0.29, 0.717) is 5.56 Å². The molecule has 1 aliphatic rings. The monoisotopic (exact) mass is 231 g/mol. The highest BCUT2D eigenvalue weighted by Crippen LogP contribution is 2.10. The molecule has 0 aromatic carbocycles. The van der Waals surface area contributed by atoms with Crippen molar-refractivity contribution in [3.63, 3.8) is 0 Å². The van der Waals surface area contributed by atoms with Gasteiger partial charge < -0.3 is 4.90 Å². The summed E-state index contributed by atoms with van der Waals surface area (Å²) in [6.45, 7) is 7.43. The van der Waals surface area contributed by atoms with E-state index in [1.54, 1.807) is 12.4 Å². The summed E-state index contributed by atoms with van der Waals surface area (Å²) in [4.78, 5) is 13.1. The zero-order valence-corrected chi connectivity index (χ0v) is 10.1. The minimum absolute atomic E-state index is 0.512. The average molecular weight is 231 g/mol. The maximum Gasteiger partial charge on any atom is 0.225 e. The Labute approximate surface area is 102 Å². The molecule has 1 aliphatic heterocycles. The van der Waals surface area contributed by atoms with Crippen LogP contribution in [0.2, 0.25) is 0 Å². The SMILES string of the molecule is CCCN1CCN(c2ncc(C#N)cn2)CC1. The first-order valence-corrected chi connectivity index (χ1v) is 6.03. The van der Waals surface area contributed by atoms with Crippen LogP contribution in [0.25, 0.3) is 0 Å². The van der Waals surface area contributed by atoms with Gasteiger partial charge in [-0.15, -0.1) is 0 Å². The van der Waals surface area contributed by atoms with E-state index in [9.17, 15) is 0 Å². The van der Waals surface area contributed by atoms with Gasteiger partial charge in [0.15, 0.2) is 0 Å². The molecule has 0 aliphatic carbocycles. The largest absolute Gasteiger partial charge is 0.338 e. The van der Waals surface area contributed by atoms with Gasteiger partial charge in [-0.1, -0.05) is 6.92 Å². The van der Waals surface area contributed by atoms with Crippen LogP contribution in [0, 0.1) is 11.3 Å². The standard InChI is InChI=1S/C12H17N5/c1-2-3-16-4-6-17(7-5-16)12-14-9-11(8-13)10-15-12/h9-10H,2-7H2,1H3. The Morgan fingerprint density at radius 1 is 1.24 bits per heavy atom. The van der Waals surface area contributed by atoms with E-state index in [0.717, 1.165) is 32.1 Å². The molecule has 0 atom stereocenters. The molecule has 17 heavy (non-hydrogen) atoms. The molecule has 5 heteroatoms. The van der Waals surface area contributed by atoms with E-state index >= 15 is 0 Å². The first kappa shape index (κ1) is 11.8. The van der Waals surface area contributed by atoms with Gasteiger partial charge in [-0.2, -0.15) is 5.26 Å². The summed E-state index contributed by atoms with van der Waals surface area (Å²) in [7, 11) is 0. The Balaban J connectivity index is 1.94. The van der Waals surface area contributed by atoms with E-state index in [-0.39, 0.29) is 0 Å². The number of nitriles is 1. The van der Waals surface area contributed by atoms with Crippen molar-refractivity contribution in [2.75, 3.05) is 37.6 Å². The molecule has 1 fully saturated rings. The highest BCUT2D eigenvalue weighted by molar-refractivity contribution is 5.33. The van der Waals surface area contributed by atoms with Crippen LogP contribution < -0.4 is 4.90 Å². The van der Waals surface area contributed by atoms with Crippen molar-refractivity contribution in [1.82, 2.24) is 14.9 Å². The second-order valence-corrected chi connectivity index (χ2v) is 4.21. The van der Waals surface area contributed by atoms with Gasteiger partial charge >= 0.3 is 0 Å². The van der Waals surface area contributed by atoms with Crippen molar-refractivity contribution in [3.05, 3.63) is 18.0 Å². The first-order valence-electron chi connectivity index (χ1n) is 6.03. The van der Waals surface area contributed by atoms with E-state index in [1.165, 1.54) is 13.0 Å². The molecular weight excluding hydrogens is 214 g/mol. The van der Waals surface area contributed by atoms with Crippen molar-refractivity contribution in [2.45, 2.75) is 13.3 Å². The molecule has 0 spiro atoms. The molecule has 0 radical (unpaired) electrons. The Morgan fingerprint density at radius 3 is 2.41 bits per heavy atom. The van der Waals surface area contributed by atoms with Crippen molar-refractivity contribution in [3.8, 4) is 6.07 Å². The molecule has 0 unspecified atom stereocenters. The summed E-state index contributed by atoms with van der Waals surface area (Å²) >= 11 is 0. The van der Waals surface area contributed by atoms with Gasteiger partial charge in [0.05, 0.1) is 18.0 Å². The summed E-state index contributed by atoms with van der Waals surface area (Å²) in [5, 5.41) is 8.68. The number of aromatic nitrogens is 2. The molecule has 0 N–H and O–H groups in total. The van der Waals surface area contributed by atoms with Crippen LogP contribution in [0.15, 0.2) is 12.4 Å². The Hall–Kier alpha value is -1.67. The maximum atomic E-state index is 8.68. The normalized spacial score (nSPS) is 16.8. The smallest absolute Gasteiger partial charge is 0.225 e. The van der Waals surface area contributed by atoms with Crippen LogP contribution in [-0.2, 0) is 0 Å². The number of nitrogens with zero attached hydrogens (tertiary/aromatic N) is 5. The van der Waals surface area contributed by atoms with Gasteiger partial charge in [-0.3, -0.25) is 4.90 Å². The summed E-state index contributed by atoms with van der Waals surface area (Å²) in [6, 6.07) is 2.03. The fraction of sp³-hybridized carbons (Fsp3) is 0.583. The topological polar surface area (TPSA) is 56.0 Å². The van der Waals surface area contributed by atoms with Crippen molar-refractivity contribution < 1.29 is 0 Å². The molecule has 0 amide bonds. The maximum absolute atomic E-state index is 8.68. The second-order valence-electron chi connectivity index (χ2n) is 4.21. The Bertz CT molecular complexity index is 386.